The number of ether oxygens (including phenoxy) is 1. The lowest BCUT2D eigenvalue weighted by atomic mass is 9.79. The monoisotopic (exact) mass is 769 g/mol. The van der Waals surface area contributed by atoms with E-state index in [1.807, 2.05) is 42.5 Å². The molecular weight excluding hydrogens is 721 g/mol. The molecule has 4 aromatic rings. The number of hydrogen-bond donors (Lipinski definition) is 4. The Morgan fingerprint density at radius 3 is 2.09 bits per heavy atom. The van der Waals surface area contributed by atoms with Crippen LogP contribution in [0.25, 0.3) is 11.1 Å². The summed E-state index contributed by atoms with van der Waals surface area (Å²) in [4.78, 5) is 55.9. The Bertz CT molecular complexity index is 2120. The van der Waals surface area contributed by atoms with Gasteiger partial charge in [-0.25, -0.2) is 0 Å². The molecule has 4 N–H and O–H groups in total. The van der Waals surface area contributed by atoms with Gasteiger partial charge in [0, 0.05) is 51.4 Å². The molecule has 0 aliphatic carbocycles. The van der Waals surface area contributed by atoms with Crippen LogP contribution in [0.2, 0.25) is 0 Å². The Morgan fingerprint density at radius 2 is 1.44 bits per heavy atom. The van der Waals surface area contributed by atoms with E-state index in [-0.39, 0.29) is 24.0 Å². The fraction of sp³-hybridized carbons (Fsp3) is 0.318. The van der Waals surface area contributed by atoms with Gasteiger partial charge in [-0.1, -0.05) is 73.7 Å². The summed E-state index contributed by atoms with van der Waals surface area (Å²) in [5.41, 5.74) is 7.24. The molecule has 3 heterocycles. The van der Waals surface area contributed by atoms with Crippen LogP contribution in [0.4, 0.5) is 5.69 Å². The molecule has 2 saturated heterocycles. The highest BCUT2D eigenvalue weighted by molar-refractivity contribution is 6.58. The highest BCUT2D eigenvalue weighted by Gasteiger charge is 2.44. The molecule has 57 heavy (non-hydrogen) atoms. The van der Waals surface area contributed by atoms with Crippen molar-refractivity contribution in [3.05, 3.63) is 125 Å². The summed E-state index contributed by atoms with van der Waals surface area (Å²) >= 11 is 0. The molecule has 3 aliphatic rings. The molecule has 13 heteroatoms. The number of allylic oxidation sites excluding steroid dienone is 1. The highest BCUT2D eigenvalue weighted by Crippen LogP contribution is 2.35. The Labute approximate surface area is 333 Å². The second-order valence-electron chi connectivity index (χ2n) is 14.6. The van der Waals surface area contributed by atoms with E-state index in [0.29, 0.717) is 18.6 Å². The number of nitrogens with one attached hydrogen (secondary N) is 2. The van der Waals surface area contributed by atoms with Gasteiger partial charge < -0.3 is 25.0 Å². The minimum absolute atomic E-state index is 0.0883. The number of hydrogen-bond acceptors (Lipinski definition) is 10. The Morgan fingerprint density at radius 1 is 0.789 bits per heavy atom. The molecule has 0 aromatic heterocycles. The fourth-order valence-electron chi connectivity index (χ4n) is 7.86. The topological polar surface area (TPSA) is 152 Å². The summed E-state index contributed by atoms with van der Waals surface area (Å²) in [6.07, 6.45) is 1.95. The van der Waals surface area contributed by atoms with Gasteiger partial charge in [-0.2, -0.15) is 0 Å². The molecule has 3 aliphatic heterocycles. The van der Waals surface area contributed by atoms with E-state index in [1.165, 1.54) is 5.57 Å². The van der Waals surface area contributed by atoms with Gasteiger partial charge >= 0.3 is 7.12 Å². The number of nitrogens with zero attached hydrogens (tertiary/aromatic N) is 3. The highest BCUT2D eigenvalue weighted by atomic mass is 16.5. The van der Waals surface area contributed by atoms with Gasteiger partial charge in [-0.05, 0) is 89.4 Å². The van der Waals surface area contributed by atoms with Gasteiger partial charge in [0.25, 0.3) is 11.8 Å². The Balaban J connectivity index is 0.853. The van der Waals surface area contributed by atoms with E-state index in [1.54, 1.807) is 30.3 Å². The smallest absolute Gasteiger partial charge is 0.488 e. The van der Waals surface area contributed by atoms with E-state index in [0.717, 1.165) is 90.7 Å². The summed E-state index contributed by atoms with van der Waals surface area (Å²) in [6.45, 7) is 9.06. The van der Waals surface area contributed by atoms with Crippen molar-refractivity contribution in [1.82, 2.24) is 20.0 Å². The second kappa shape index (κ2) is 18.1. The van der Waals surface area contributed by atoms with Crippen LogP contribution < -0.4 is 20.8 Å². The lowest BCUT2D eigenvalue weighted by Crippen LogP contribution is -2.54. The van der Waals surface area contributed by atoms with Crippen molar-refractivity contribution in [2.75, 3.05) is 57.7 Å². The summed E-state index contributed by atoms with van der Waals surface area (Å²) in [5.74, 6) is -1.21. The minimum Gasteiger partial charge on any atom is -0.492 e. The molecular formula is C44H48BN5O7. The molecule has 0 radical (unpaired) electrons. The zero-order chi connectivity index (χ0) is 39.9. The molecule has 0 spiro atoms. The van der Waals surface area contributed by atoms with Gasteiger partial charge in [-0.3, -0.25) is 34.3 Å². The van der Waals surface area contributed by atoms with Crippen LogP contribution in [0.15, 0.2) is 97.1 Å². The predicted octanol–water partition coefficient (Wildman–Crippen LogP) is 3.64. The van der Waals surface area contributed by atoms with Crippen molar-refractivity contribution in [1.29, 1.82) is 0 Å². The standard InChI is InChI=1S/C44H48BN5O7/c1-2-36(30-7-4-3-5-8-30)41(31-9-13-33(14-10-31)45(55)56)32-11-16-35(17-12-32)57-28-27-49-25-23-48(24-26-49)22-6-21-46-34-15-18-37-38(29-34)44(54)50(43(37)53)39-19-20-40(51)47-42(39)52/h3-5,7-18,29,39,46,55-56H,2,6,19-28H2,1H3,(H,47,51,52)/b41-36-. The molecule has 294 valence electrons. The van der Waals surface area contributed by atoms with E-state index >= 15 is 0 Å². The number of imide groups is 2. The maximum absolute atomic E-state index is 13.1. The number of amides is 4. The van der Waals surface area contributed by atoms with Gasteiger partial charge in [0.1, 0.15) is 18.4 Å². The van der Waals surface area contributed by atoms with E-state index < -0.39 is 36.8 Å². The first-order chi connectivity index (χ1) is 27.7. The molecule has 4 aromatic carbocycles. The van der Waals surface area contributed by atoms with Gasteiger partial charge in [-0.15, -0.1) is 0 Å². The number of fused-ring (bicyclic) bond motifs is 1. The van der Waals surface area contributed by atoms with Crippen molar-refractivity contribution in [3.63, 3.8) is 0 Å². The molecule has 2 fully saturated rings. The van der Waals surface area contributed by atoms with Crippen LogP contribution in [-0.4, -0.2) is 114 Å². The number of anilines is 1. The predicted molar refractivity (Wildman–Crippen MR) is 220 cm³/mol. The summed E-state index contributed by atoms with van der Waals surface area (Å²) in [5, 5.41) is 24.9. The van der Waals surface area contributed by atoms with Crippen LogP contribution >= 0.6 is 0 Å². The number of carbonyl (C=O) groups excluding carboxylic acids is 4. The number of benzene rings is 4. The first-order valence-electron chi connectivity index (χ1n) is 19.7. The number of rotatable bonds is 15. The molecule has 7 rings (SSSR count). The fourth-order valence-corrected chi connectivity index (χ4v) is 7.86. The zero-order valence-electron chi connectivity index (χ0n) is 32.2. The Hall–Kier alpha value is -5.60. The van der Waals surface area contributed by atoms with E-state index in [2.05, 4.69) is 51.6 Å². The molecule has 12 nitrogen and oxygen atoms in total. The lowest BCUT2D eigenvalue weighted by molar-refractivity contribution is -0.136. The van der Waals surface area contributed by atoms with E-state index in [4.69, 9.17) is 4.74 Å². The molecule has 1 unspecified atom stereocenters. The summed E-state index contributed by atoms with van der Waals surface area (Å²) in [7, 11) is -1.51. The number of piperidine rings is 1. The van der Waals surface area contributed by atoms with Gasteiger partial charge in [0.2, 0.25) is 11.8 Å². The SMILES string of the molecule is CC/C(=C(/c1ccc(OCCN2CCN(CCCNc3ccc4c(c3)C(=O)N(C3CCC(=O)NC3=O)C4=O)CC2)cc1)c1ccc(B(O)O)cc1)c1ccccc1. The first kappa shape index (κ1) is 39.6. The maximum atomic E-state index is 13.1. The maximum Gasteiger partial charge on any atom is 0.488 e. The third-order valence-electron chi connectivity index (χ3n) is 11.0. The van der Waals surface area contributed by atoms with Crippen molar-refractivity contribution < 1.29 is 34.0 Å². The summed E-state index contributed by atoms with van der Waals surface area (Å²) in [6, 6.07) is 30.0. The second-order valence-corrected chi connectivity index (χ2v) is 14.6. The third kappa shape index (κ3) is 9.18. The summed E-state index contributed by atoms with van der Waals surface area (Å²) < 4.78 is 6.19. The molecule has 0 bridgehead atoms. The average Bonchev–Trinajstić information content (AvgIpc) is 3.47. The quantitative estimate of drug-likeness (QED) is 0.0611. The lowest BCUT2D eigenvalue weighted by Gasteiger charge is -2.34. The van der Waals surface area contributed by atoms with Gasteiger partial charge in [0.15, 0.2) is 0 Å². The van der Waals surface area contributed by atoms with Crippen molar-refractivity contribution in [2.24, 2.45) is 0 Å². The number of piperazine rings is 1. The average molecular weight is 770 g/mol. The van der Waals surface area contributed by atoms with Crippen LogP contribution in [-0.2, 0) is 9.59 Å². The van der Waals surface area contributed by atoms with E-state index in [9.17, 15) is 29.2 Å². The van der Waals surface area contributed by atoms with Crippen molar-refractivity contribution >= 4 is 53.0 Å². The van der Waals surface area contributed by atoms with Crippen molar-refractivity contribution in [3.8, 4) is 5.75 Å². The molecule has 1 atom stereocenters. The van der Waals surface area contributed by atoms with Crippen LogP contribution in [0.5, 0.6) is 5.75 Å². The molecule has 4 amide bonds. The van der Waals surface area contributed by atoms with Crippen LogP contribution in [0.3, 0.4) is 0 Å². The third-order valence-corrected chi connectivity index (χ3v) is 11.0. The largest absolute Gasteiger partial charge is 0.492 e. The zero-order valence-corrected chi connectivity index (χ0v) is 32.2. The Kier molecular flexibility index (Phi) is 12.6. The normalized spacial score (nSPS) is 17.9. The molecule has 0 saturated carbocycles. The van der Waals surface area contributed by atoms with Crippen LogP contribution in [0, 0.1) is 0 Å². The first-order valence-corrected chi connectivity index (χ1v) is 19.7. The van der Waals surface area contributed by atoms with Gasteiger partial charge in [0.05, 0.1) is 11.1 Å². The number of carbonyl (C=O) groups is 4. The minimum atomic E-state index is -1.51. The van der Waals surface area contributed by atoms with Crippen LogP contribution in [0.1, 0.15) is 70.0 Å². The van der Waals surface area contributed by atoms with Crippen molar-refractivity contribution in [2.45, 2.75) is 38.6 Å².